The molecule has 0 fully saturated rings. The van der Waals surface area contributed by atoms with Crippen molar-refractivity contribution in [2.75, 3.05) is 0 Å². The number of allylic oxidation sites excluding steroid dienone is 1. The van der Waals surface area contributed by atoms with Gasteiger partial charge in [0.2, 0.25) is 6.54 Å². The average molecular weight is 127 g/mol. The Balaban J connectivity index is 2.62. The maximum absolute atomic E-state index is 3.97. The minimum Gasteiger partial charge on any atom is -0.0967 e. The van der Waals surface area contributed by atoms with E-state index in [0.717, 1.165) is 6.54 Å². The van der Waals surface area contributed by atoms with E-state index in [4.69, 9.17) is 0 Å². The van der Waals surface area contributed by atoms with Crippen LogP contribution in [0.4, 0.5) is 0 Å². The van der Waals surface area contributed by atoms with Crippen molar-refractivity contribution < 1.29 is 4.07 Å². The maximum atomic E-state index is 3.97. The summed E-state index contributed by atoms with van der Waals surface area (Å²) in [5.74, 6) is 0. The molecular weight excluding hydrogens is 120 g/mol. The molecule has 1 aromatic heterocycles. The van der Waals surface area contributed by atoms with Crippen molar-refractivity contribution in [2.45, 2.75) is 6.54 Å². The lowest BCUT2D eigenvalue weighted by atomic mass is 10.7. The minimum absolute atomic E-state index is 0.817. The molecule has 42 valence electrons. The summed E-state index contributed by atoms with van der Waals surface area (Å²) < 4.78 is 1.85. The van der Waals surface area contributed by atoms with Crippen LogP contribution in [-0.4, -0.2) is 5.10 Å². The molecule has 0 N–H and O–H groups in total. The molecule has 1 rings (SSSR count). The van der Waals surface area contributed by atoms with Gasteiger partial charge in [-0.25, -0.2) is 0 Å². The summed E-state index contributed by atoms with van der Waals surface area (Å²) in [5, 5.41) is 5.90. The van der Waals surface area contributed by atoms with Crippen LogP contribution in [0.5, 0.6) is 0 Å². The average Bonchev–Trinajstić information content (AvgIpc) is 2.19. The molecule has 0 aliphatic rings. The first-order valence-electron chi connectivity index (χ1n) is 2.34. The lowest BCUT2D eigenvalue weighted by molar-refractivity contribution is -0.678. The van der Waals surface area contributed by atoms with Crippen LogP contribution in [0.1, 0.15) is 0 Å². The third kappa shape index (κ3) is 1.13. The van der Waals surface area contributed by atoms with Gasteiger partial charge in [-0.1, -0.05) is 6.58 Å². The zero-order valence-electron chi connectivity index (χ0n) is 4.45. The van der Waals surface area contributed by atoms with Crippen molar-refractivity contribution in [2.24, 2.45) is 0 Å². The van der Waals surface area contributed by atoms with Crippen molar-refractivity contribution >= 4 is 11.5 Å². The molecular formula is C5H7N2S+. The number of nitrogens with zero attached hydrogens (tertiary/aromatic N) is 2. The Morgan fingerprint density at radius 2 is 2.75 bits per heavy atom. The van der Waals surface area contributed by atoms with E-state index < -0.39 is 0 Å². The third-order valence-corrected chi connectivity index (χ3v) is 1.45. The molecule has 0 saturated heterocycles. The molecule has 0 radical (unpaired) electrons. The zero-order chi connectivity index (χ0) is 5.82. The summed E-state index contributed by atoms with van der Waals surface area (Å²) in [4.78, 5) is 0. The van der Waals surface area contributed by atoms with E-state index in [0.29, 0.717) is 0 Å². The molecule has 0 unspecified atom stereocenters. The summed E-state index contributed by atoms with van der Waals surface area (Å²) in [7, 11) is 0. The van der Waals surface area contributed by atoms with E-state index >= 15 is 0 Å². The highest BCUT2D eigenvalue weighted by Gasteiger charge is 1.95. The highest BCUT2D eigenvalue weighted by molar-refractivity contribution is 6.99. The first-order chi connectivity index (χ1) is 3.93. The number of hydrogen-bond donors (Lipinski definition) is 0. The van der Waals surface area contributed by atoms with Gasteiger partial charge in [0.25, 0.3) is 0 Å². The van der Waals surface area contributed by atoms with Crippen LogP contribution in [-0.2, 0) is 6.54 Å². The Labute approximate surface area is 52.2 Å². The standard InChI is InChI=1S/C5H7N2S/c1-2-4-7-6-3-5-8-7/h2-3,5H,1,4H2/q+1. The molecule has 0 bridgehead atoms. The smallest absolute Gasteiger partial charge is 0.0967 e. The third-order valence-electron chi connectivity index (χ3n) is 0.724. The fourth-order valence-electron chi connectivity index (χ4n) is 0.427. The SMILES string of the molecule is C=CC[n+]1nccs1. The van der Waals surface area contributed by atoms with Crippen molar-refractivity contribution in [3.63, 3.8) is 0 Å². The van der Waals surface area contributed by atoms with Crippen molar-refractivity contribution in [1.29, 1.82) is 0 Å². The van der Waals surface area contributed by atoms with Gasteiger partial charge in [0.1, 0.15) is 6.20 Å². The largest absolute Gasteiger partial charge is 0.207 e. The quantitative estimate of drug-likeness (QED) is 0.420. The van der Waals surface area contributed by atoms with Crippen LogP contribution in [0.2, 0.25) is 0 Å². The molecule has 8 heavy (non-hydrogen) atoms. The van der Waals surface area contributed by atoms with Gasteiger partial charge in [0, 0.05) is 5.10 Å². The predicted octanol–water partition coefficient (Wildman–Crippen LogP) is 0.617. The van der Waals surface area contributed by atoms with Gasteiger partial charge < -0.3 is 0 Å². The fourth-order valence-corrected chi connectivity index (χ4v) is 0.977. The fraction of sp³-hybridized carbons (Fsp3) is 0.200. The lowest BCUT2D eigenvalue weighted by Crippen LogP contribution is -2.30. The molecule has 1 aromatic rings. The van der Waals surface area contributed by atoms with Gasteiger partial charge >= 0.3 is 0 Å². The molecule has 1 heterocycles. The summed E-state index contributed by atoms with van der Waals surface area (Å²) in [6.07, 6.45) is 3.59. The minimum atomic E-state index is 0.817. The summed E-state index contributed by atoms with van der Waals surface area (Å²) >= 11 is 1.58. The van der Waals surface area contributed by atoms with E-state index in [2.05, 4.69) is 11.7 Å². The summed E-state index contributed by atoms with van der Waals surface area (Å²) in [5.41, 5.74) is 0. The molecule has 0 spiro atoms. The summed E-state index contributed by atoms with van der Waals surface area (Å²) in [6, 6.07) is 0. The van der Waals surface area contributed by atoms with Gasteiger partial charge in [-0.15, -0.1) is 0 Å². The van der Waals surface area contributed by atoms with Crippen LogP contribution in [0.15, 0.2) is 24.2 Å². The molecule has 0 amide bonds. The van der Waals surface area contributed by atoms with Crippen LogP contribution in [0.25, 0.3) is 0 Å². The van der Waals surface area contributed by atoms with Gasteiger partial charge in [-0.05, 0) is 10.1 Å². The highest BCUT2D eigenvalue weighted by Crippen LogP contribution is 1.80. The van der Waals surface area contributed by atoms with Crippen molar-refractivity contribution in [1.82, 2.24) is 5.10 Å². The topological polar surface area (TPSA) is 16.8 Å². The second-order valence-electron chi connectivity index (χ2n) is 1.33. The lowest BCUT2D eigenvalue weighted by Gasteiger charge is -1.72. The van der Waals surface area contributed by atoms with E-state index in [9.17, 15) is 0 Å². The number of aromatic nitrogens is 2. The Hall–Kier alpha value is -0.700. The predicted molar refractivity (Wildman–Crippen MR) is 32.5 cm³/mol. The van der Waals surface area contributed by atoms with Crippen LogP contribution in [0.3, 0.4) is 0 Å². The van der Waals surface area contributed by atoms with Crippen molar-refractivity contribution in [3.05, 3.63) is 24.2 Å². The van der Waals surface area contributed by atoms with Gasteiger partial charge in [-0.2, -0.15) is 0 Å². The van der Waals surface area contributed by atoms with Gasteiger partial charge in [-0.3, -0.25) is 0 Å². The van der Waals surface area contributed by atoms with Crippen LogP contribution < -0.4 is 4.07 Å². The molecule has 0 aliphatic carbocycles. The zero-order valence-corrected chi connectivity index (χ0v) is 5.27. The second kappa shape index (κ2) is 2.57. The maximum Gasteiger partial charge on any atom is 0.207 e. The Bertz CT molecular complexity index is 157. The van der Waals surface area contributed by atoms with E-state index in [1.807, 2.05) is 15.5 Å². The van der Waals surface area contributed by atoms with Gasteiger partial charge in [0.05, 0.1) is 5.38 Å². The molecule has 0 atom stereocenters. The van der Waals surface area contributed by atoms with Crippen molar-refractivity contribution in [3.8, 4) is 0 Å². The monoisotopic (exact) mass is 127 g/mol. The summed E-state index contributed by atoms with van der Waals surface area (Å²) in [6.45, 7) is 4.40. The highest BCUT2D eigenvalue weighted by atomic mass is 32.1. The number of hydrogen-bond acceptors (Lipinski definition) is 2. The molecule has 2 nitrogen and oxygen atoms in total. The second-order valence-corrected chi connectivity index (χ2v) is 2.23. The van der Waals surface area contributed by atoms with Gasteiger partial charge in [0.15, 0.2) is 11.5 Å². The normalized spacial score (nSPS) is 9.00. The van der Waals surface area contributed by atoms with E-state index in [1.54, 1.807) is 17.7 Å². The first kappa shape index (κ1) is 5.44. The van der Waals surface area contributed by atoms with Crippen LogP contribution in [0, 0.1) is 0 Å². The van der Waals surface area contributed by atoms with Crippen LogP contribution >= 0.6 is 11.5 Å². The molecule has 0 aliphatic heterocycles. The Morgan fingerprint density at radius 1 is 1.88 bits per heavy atom. The molecule has 0 saturated carbocycles. The van der Waals surface area contributed by atoms with E-state index in [-0.39, 0.29) is 0 Å². The van der Waals surface area contributed by atoms with E-state index in [1.165, 1.54) is 0 Å². The molecule has 0 aromatic carbocycles. The first-order valence-corrected chi connectivity index (χ1v) is 3.18. The molecule has 3 heteroatoms. The number of rotatable bonds is 2. The Morgan fingerprint density at radius 3 is 3.25 bits per heavy atom. The Kier molecular flexibility index (Phi) is 1.75.